The second kappa shape index (κ2) is 11.0. The van der Waals surface area contributed by atoms with Crippen LogP contribution in [0.15, 0.2) is 65.9 Å². The van der Waals surface area contributed by atoms with Crippen molar-refractivity contribution >= 4 is 43.5 Å². The highest BCUT2D eigenvalue weighted by atomic mass is 79.9. The molecule has 34 heavy (non-hydrogen) atoms. The van der Waals surface area contributed by atoms with Crippen molar-refractivity contribution in [2.45, 2.75) is 31.6 Å². The lowest BCUT2D eigenvalue weighted by molar-refractivity contribution is -0.123. The van der Waals surface area contributed by atoms with E-state index in [2.05, 4.69) is 36.7 Å². The summed E-state index contributed by atoms with van der Waals surface area (Å²) in [5.41, 5.74) is 2.35. The number of fused-ring (bicyclic) bond motifs is 1. The summed E-state index contributed by atoms with van der Waals surface area (Å²) in [7, 11) is 0. The summed E-state index contributed by atoms with van der Waals surface area (Å²) in [6.45, 7) is 0.251. The quantitative estimate of drug-likeness (QED) is 0.413. The van der Waals surface area contributed by atoms with Crippen LogP contribution >= 0.6 is 15.9 Å². The highest BCUT2D eigenvalue weighted by Crippen LogP contribution is 2.15. The third-order valence-electron chi connectivity index (χ3n) is 5.20. The number of ether oxygens (including phenoxy) is 1. The molecule has 0 aliphatic carbocycles. The van der Waals surface area contributed by atoms with E-state index in [1.54, 1.807) is 18.3 Å². The minimum Gasteiger partial charge on any atom is -0.508 e. The van der Waals surface area contributed by atoms with E-state index in [1.165, 1.54) is 12.1 Å². The molecule has 0 saturated carbocycles. The SMILES string of the molecule is O=C(NC(Cc1ccc(O)cc1)C(=O)NC[C@@H]1CC(Br)=NO1)OCc1cnc2ccccc2c1. The number of halogens is 1. The predicted molar refractivity (Wildman–Crippen MR) is 130 cm³/mol. The van der Waals surface area contributed by atoms with Crippen LogP contribution in [-0.4, -0.2) is 45.4 Å². The van der Waals surface area contributed by atoms with Crippen LogP contribution in [0.5, 0.6) is 5.75 Å². The van der Waals surface area contributed by atoms with Gasteiger partial charge >= 0.3 is 6.09 Å². The average molecular weight is 527 g/mol. The van der Waals surface area contributed by atoms with Gasteiger partial charge in [-0.25, -0.2) is 4.79 Å². The number of nitrogens with zero attached hydrogens (tertiary/aromatic N) is 2. The summed E-state index contributed by atoms with van der Waals surface area (Å²) in [6.07, 6.45) is 1.41. The Balaban J connectivity index is 1.36. The molecule has 9 nitrogen and oxygen atoms in total. The second-order valence-corrected chi connectivity index (χ2v) is 8.74. The Kier molecular flexibility index (Phi) is 7.58. The Labute approximate surface area is 204 Å². The summed E-state index contributed by atoms with van der Waals surface area (Å²) in [5, 5.41) is 19.7. The number of hydrogen-bond donors (Lipinski definition) is 3. The minimum atomic E-state index is -0.891. The number of hydrogen-bond acceptors (Lipinski definition) is 7. The van der Waals surface area contributed by atoms with E-state index >= 15 is 0 Å². The number of nitrogens with one attached hydrogen (secondary N) is 2. The molecule has 0 saturated heterocycles. The number of oxime groups is 1. The van der Waals surface area contributed by atoms with Crippen molar-refractivity contribution in [3.05, 3.63) is 71.9 Å². The van der Waals surface area contributed by atoms with E-state index in [4.69, 9.17) is 9.57 Å². The molecule has 2 atom stereocenters. The molecule has 0 radical (unpaired) electrons. The highest BCUT2D eigenvalue weighted by molar-refractivity contribution is 9.18. The number of phenolic OH excluding ortho intramolecular Hbond substituents is 1. The smallest absolute Gasteiger partial charge is 0.408 e. The normalized spacial score (nSPS) is 15.8. The summed E-state index contributed by atoms with van der Waals surface area (Å²) < 4.78 is 6.03. The molecule has 1 aliphatic heterocycles. The Bertz CT molecular complexity index is 1200. The van der Waals surface area contributed by atoms with Gasteiger partial charge in [-0.2, -0.15) is 0 Å². The number of amides is 2. The van der Waals surface area contributed by atoms with Crippen molar-refractivity contribution < 1.29 is 24.3 Å². The van der Waals surface area contributed by atoms with Gasteiger partial charge in [-0.15, -0.1) is 0 Å². The second-order valence-electron chi connectivity index (χ2n) is 7.82. The minimum absolute atomic E-state index is 0.0124. The molecule has 3 N–H and O–H groups in total. The molecule has 2 heterocycles. The molecular formula is C24H23BrN4O5. The fourth-order valence-corrected chi connectivity index (χ4v) is 3.89. The van der Waals surface area contributed by atoms with Crippen molar-refractivity contribution in [2.24, 2.45) is 5.16 Å². The van der Waals surface area contributed by atoms with Crippen LogP contribution in [0.1, 0.15) is 17.5 Å². The van der Waals surface area contributed by atoms with Gasteiger partial charge < -0.3 is 25.3 Å². The largest absolute Gasteiger partial charge is 0.508 e. The van der Waals surface area contributed by atoms with Gasteiger partial charge in [-0.1, -0.05) is 35.5 Å². The third kappa shape index (κ3) is 6.44. The van der Waals surface area contributed by atoms with Crippen LogP contribution in [0.25, 0.3) is 10.9 Å². The third-order valence-corrected chi connectivity index (χ3v) is 5.67. The molecule has 1 aliphatic rings. The first-order valence-electron chi connectivity index (χ1n) is 10.7. The summed E-state index contributed by atoms with van der Waals surface area (Å²) in [5.74, 6) is -0.269. The predicted octanol–water partition coefficient (Wildman–Crippen LogP) is 3.39. The molecule has 0 bridgehead atoms. The van der Waals surface area contributed by atoms with Crippen LogP contribution in [-0.2, 0) is 27.4 Å². The topological polar surface area (TPSA) is 122 Å². The van der Waals surface area contributed by atoms with Gasteiger partial charge in [0.15, 0.2) is 6.10 Å². The van der Waals surface area contributed by atoms with E-state index in [0.717, 1.165) is 22.0 Å². The molecule has 0 spiro atoms. The maximum atomic E-state index is 12.9. The van der Waals surface area contributed by atoms with Crippen molar-refractivity contribution in [1.82, 2.24) is 15.6 Å². The van der Waals surface area contributed by atoms with E-state index in [9.17, 15) is 14.7 Å². The maximum Gasteiger partial charge on any atom is 0.408 e. The van der Waals surface area contributed by atoms with Gasteiger partial charge in [0, 0.05) is 30.0 Å². The standard InChI is InChI=1S/C24H23BrN4O5/c25-22-11-19(34-29-22)13-27-23(31)21(10-15-5-7-18(30)8-6-15)28-24(32)33-14-16-9-17-3-1-2-4-20(17)26-12-16/h1-9,12,19,21,30H,10-11,13-14H2,(H,27,31)(H,28,32)/t19-,21?/m0/s1. The van der Waals surface area contributed by atoms with Gasteiger partial charge in [0.05, 0.1) is 12.1 Å². The molecule has 10 heteroatoms. The number of phenols is 1. The molecule has 4 rings (SSSR count). The molecule has 176 valence electrons. The molecule has 1 aromatic heterocycles. The number of alkyl carbamates (subject to hydrolysis) is 1. The lowest BCUT2D eigenvalue weighted by atomic mass is 10.0. The molecule has 2 amide bonds. The monoisotopic (exact) mass is 526 g/mol. The first-order chi connectivity index (χ1) is 16.5. The van der Waals surface area contributed by atoms with Crippen molar-refractivity contribution in [3.8, 4) is 5.75 Å². The van der Waals surface area contributed by atoms with E-state index in [-0.39, 0.29) is 37.3 Å². The van der Waals surface area contributed by atoms with Crippen LogP contribution in [0.2, 0.25) is 0 Å². The van der Waals surface area contributed by atoms with Crippen LogP contribution in [0.3, 0.4) is 0 Å². The molecule has 3 aromatic rings. The van der Waals surface area contributed by atoms with E-state index in [1.807, 2.05) is 30.3 Å². The van der Waals surface area contributed by atoms with Crippen LogP contribution in [0.4, 0.5) is 4.79 Å². The van der Waals surface area contributed by atoms with Crippen molar-refractivity contribution in [3.63, 3.8) is 0 Å². The average Bonchev–Trinajstić information content (AvgIpc) is 3.27. The Morgan fingerprint density at radius 1 is 1.18 bits per heavy atom. The van der Waals surface area contributed by atoms with Gasteiger partial charge in [-0.3, -0.25) is 9.78 Å². The zero-order valence-corrected chi connectivity index (χ0v) is 19.7. The lowest BCUT2D eigenvalue weighted by Gasteiger charge is -2.19. The Hall–Kier alpha value is -3.66. The van der Waals surface area contributed by atoms with Gasteiger partial charge in [-0.05, 0) is 45.8 Å². The fraction of sp³-hybridized carbons (Fsp3) is 0.250. The molecule has 0 fully saturated rings. The number of aromatic hydroxyl groups is 1. The van der Waals surface area contributed by atoms with E-state index in [0.29, 0.717) is 11.0 Å². The number of aromatic nitrogens is 1. The summed E-state index contributed by atoms with van der Waals surface area (Å²) in [6, 6.07) is 15.1. The zero-order chi connectivity index (χ0) is 23.9. The lowest BCUT2D eigenvalue weighted by Crippen LogP contribution is -2.49. The number of para-hydroxylation sites is 1. The maximum absolute atomic E-state index is 12.9. The molecular weight excluding hydrogens is 504 g/mol. The number of benzene rings is 2. The first-order valence-corrected chi connectivity index (χ1v) is 11.5. The van der Waals surface area contributed by atoms with Gasteiger partial charge in [0.2, 0.25) is 5.91 Å². The number of pyridine rings is 1. The number of carbonyl (C=O) groups is 2. The zero-order valence-electron chi connectivity index (χ0n) is 18.1. The summed E-state index contributed by atoms with van der Waals surface area (Å²) in [4.78, 5) is 34.9. The number of rotatable bonds is 8. The van der Waals surface area contributed by atoms with Gasteiger partial charge in [0.25, 0.3) is 0 Å². The van der Waals surface area contributed by atoms with Crippen LogP contribution in [0, 0.1) is 0 Å². The molecule has 2 aromatic carbocycles. The van der Waals surface area contributed by atoms with E-state index < -0.39 is 12.1 Å². The van der Waals surface area contributed by atoms with Crippen LogP contribution < -0.4 is 10.6 Å². The Morgan fingerprint density at radius 2 is 1.97 bits per heavy atom. The fourth-order valence-electron chi connectivity index (χ4n) is 3.45. The highest BCUT2D eigenvalue weighted by Gasteiger charge is 2.25. The first kappa shape index (κ1) is 23.5. The Morgan fingerprint density at radius 3 is 2.74 bits per heavy atom. The van der Waals surface area contributed by atoms with Crippen molar-refractivity contribution in [2.75, 3.05) is 6.54 Å². The summed E-state index contributed by atoms with van der Waals surface area (Å²) >= 11 is 3.26. The molecule has 1 unspecified atom stereocenters. The van der Waals surface area contributed by atoms with Crippen molar-refractivity contribution in [1.29, 1.82) is 0 Å². The van der Waals surface area contributed by atoms with Gasteiger partial charge in [0.1, 0.15) is 23.0 Å². The number of carbonyl (C=O) groups excluding carboxylic acids is 2.